The molecule has 5 rings (SSSR count). The van der Waals surface area contributed by atoms with Gasteiger partial charge in [-0.2, -0.15) is 0 Å². The molecule has 0 saturated carbocycles. The van der Waals surface area contributed by atoms with Crippen molar-refractivity contribution in [2.45, 2.75) is 19.4 Å². The molecule has 1 amide bonds. The molecule has 172 valence electrons. The number of fused-ring (bicyclic) bond motifs is 3. The Morgan fingerprint density at radius 1 is 1.15 bits per heavy atom. The van der Waals surface area contributed by atoms with Crippen LogP contribution in [0.25, 0.3) is 10.9 Å². The van der Waals surface area contributed by atoms with Crippen LogP contribution in [-0.2, 0) is 17.7 Å². The molecular formula is C25H26FN3O4. The number of benzene rings is 2. The molecule has 2 aromatic carbocycles. The average molecular weight is 451 g/mol. The third-order valence-electron chi connectivity index (χ3n) is 6.72. The summed E-state index contributed by atoms with van der Waals surface area (Å²) in [5, 5.41) is 9.48. The van der Waals surface area contributed by atoms with Gasteiger partial charge >= 0.3 is 0 Å². The van der Waals surface area contributed by atoms with Crippen molar-refractivity contribution in [2.24, 2.45) is 5.92 Å². The monoisotopic (exact) mass is 451 g/mol. The third kappa shape index (κ3) is 4.17. The molecule has 3 aromatic rings. The zero-order valence-electron chi connectivity index (χ0n) is 18.2. The number of nitrogens with zero attached hydrogens (tertiary/aromatic N) is 2. The van der Waals surface area contributed by atoms with Crippen LogP contribution < -0.4 is 5.48 Å². The van der Waals surface area contributed by atoms with Crippen molar-refractivity contribution >= 4 is 22.6 Å². The van der Waals surface area contributed by atoms with Gasteiger partial charge in [0.1, 0.15) is 5.82 Å². The Labute approximate surface area is 190 Å². The van der Waals surface area contributed by atoms with Gasteiger partial charge in [-0.1, -0.05) is 12.1 Å². The van der Waals surface area contributed by atoms with E-state index < -0.39 is 5.91 Å². The quantitative estimate of drug-likeness (QED) is 0.460. The fourth-order valence-electron chi connectivity index (χ4n) is 5.02. The van der Waals surface area contributed by atoms with Crippen LogP contribution in [0.5, 0.6) is 0 Å². The Bertz CT molecular complexity index is 1200. The number of ether oxygens (including phenoxy) is 1. The molecule has 7 nitrogen and oxygen atoms in total. The van der Waals surface area contributed by atoms with Crippen LogP contribution in [0.1, 0.15) is 38.4 Å². The number of nitrogens with one attached hydrogen (secondary N) is 1. The van der Waals surface area contributed by atoms with Crippen molar-refractivity contribution in [1.29, 1.82) is 0 Å². The molecule has 1 fully saturated rings. The van der Waals surface area contributed by atoms with E-state index in [2.05, 4.69) is 9.47 Å². The van der Waals surface area contributed by atoms with E-state index in [4.69, 9.17) is 9.94 Å². The summed E-state index contributed by atoms with van der Waals surface area (Å²) >= 11 is 0. The van der Waals surface area contributed by atoms with E-state index in [1.54, 1.807) is 23.7 Å². The molecule has 0 spiro atoms. The molecule has 1 aliphatic heterocycles. The van der Waals surface area contributed by atoms with Gasteiger partial charge in [-0.05, 0) is 48.7 Å². The lowest BCUT2D eigenvalue weighted by molar-refractivity contribution is 0.0291. The minimum absolute atomic E-state index is 0.0899. The number of aromatic nitrogens is 1. The smallest absolute Gasteiger partial charge is 0.274 e. The molecule has 0 radical (unpaired) electrons. The molecule has 0 bridgehead atoms. The molecule has 2 N–H and O–H groups in total. The largest absolute Gasteiger partial charge is 0.379 e. The summed E-state index contributed by atoms with van der Waals surface area (Å²) in [7, 11) is 0. The fraction of sp³-hybridized carbons (Fsp3) is 0.360. The van der Waals surface area contributed by atoms with Crippen molar-refractivity contribution in [2.75, 3.05) is 32.8 Å². The maximum atomic E-state index is 14.2. The minimum atomic E-state index is -0.572. The van der Waals surface area contributed by atoms with E-state index in [9.17, 15) is 14.0 Å². The van der Waals surface area contributed by atoms with Crippen molar-refractivity contribution in [3.05, 3.63) is 70.7 Å². The molecule has 1 atom stereocenters. The van der Waals surface area contributed by atoms with Crippen molar-refractivity contribution in [3.63, 3.8) is 0 Å². The number of ketones is 1. The Balaban J connectivity index is 1.48. The van der Waals surface area contributed by atoms with E-state index in [0.717, 1.165) is 42.7 Å². The normalized spacial score (nSPS) is 19.0. The summed E-state index contributed by atoms with van der Waals surface area (Å²) in [6, 6.07) is 11.5. The van der Waals surface area contributed by atoms with Gasteiger partial charge in [-0.15, -0.1) is 0 Å². The molecule has 2 heterocycles. The lowest BCUT2D eigenvalue weighted by Gasteiger charge is -2.31. The van der Waals surface area contributed by atoms with Crippen LogP contribution in [0, 0.1) is 11.7 Å². The average Bonchev–Trinajstić information content (AvgIpc) is 3.14. The first kappa shape index (κ1) is 21.8. The van der Waals surface area contributed by atoms with Crippen LogP contribution >= 0.6 is 0 Å². The molecule has 1 unspecified atom stereocenters. The Hall–Kier alpha value is -3.07. The summed E-state index contributed by atoms with van der Waals surface area (Å²) < 4.78 is 21.7. The number of morpholine rings is 1. The van der Waals surface area contributed by atoms with Gasteiger partial charge in [0.25, 0.3) is 5.91 Å². The predicted octanol–water partition coefficient (Wildman–Crippen LogP) is 3.03. The van der Waals surface area contributed by atoms with Crippen LogP contribution in [0.3, 0.4) is 0 Å². The first-order chi connectivity index (χ1) is 16.0. The molecule has 8 heteroatoms. The van der Waals surface area contributed by atoms with Crippen LogP contribution in [0.15, 0.2) is 42.5 Å². The third-order valence-corrected chi connectivity index (χ3v) is 6.72. The fourth-order valence-corrected chi connectivity index (χ4v) is 5.02. The van der Waals surface area contributed by atoms with Gasteiger partial charge in [-0.25, -0.2) is 9.87 Å². The van der Waals surface area contributed by atoms with Gasteiger partial charge in [0.15, 0.2) is 5.78 Å². The van der Waals surface area contributed by atoms with Crippen molar-refractivity contribution < 1.29 is 23.9 Å². The Morgan fingerprint density at radius 2 is 1.91 bits per heavy atom. The lowest BCUT2D eigenvalue weighted by Crippen LogP contribution is -2.42. The summed E-state index contributed by atoms with van der Waals surface area (Å²) in [6.45, 7) is 4.25. The number of carbonyl (C=O) groups excluding carboxylic acids is 2. The number of carbonyl (C=O) groups is 2. The number of amides is 1. The maximum Gasteiger partial charge on any atom is 0.274 e. The number of halogens is 1. The van der Waals surface area contributed by atoms with E-state index >= 15 is 0 Å². The van der Waals surface area contributed by atoms with E-state index in [-0.39, 0.29) is 17.5 Å². The van der Waals surface area contributed by atoms with E-state index in [1.165, 1.54) is 12.1 Å². The molecule has 1 aromatic heterocycles. The minimum Gasteiger partial charge on any atom is -0.379 e. The van der Waals surface area contributed by atoms with Gasteiger partial charge in [0, 0.05) is 59.8 Å². The zero-order valence-corrected chi connectivity index (χ0v) is 18.2. The second kappa shape index (κ2) is 9.05. The maximum absolute atomic E-state index is 14.2. The summed E-state index contributed by atoms with van der Waals surface area (Å²) in [6.07, 6.45) is 1.51. The highest BCUT2D eigenvalue weighted by Gasteiger charge is 2.34. The molecule has 2 aliphatic rings. The standard InChI is InChI=1S/C25H26FN3O4/c26-19-6-8-21-20(13-19)23-22(7-5-18(24(23)30)15-28-9-11-33-12-10-28)29(21)14-16-1-3-17(4-2-16)25(31)27-32/h1-4,6,8,13,18,32H,5,7,9-12,14-15H2,(H,27,31). The first-order valence-electron chi connectivity index (χ1n) is 11.2. The number of hydroxylamine groups is 1. The molecule has 33 heavy (non-hydrogen) atoms. The van der Waals surface area contributed by atoms with Crippen LogP contribution in [0.4, 0.5) is 4.39 Å². The lowest BCUT2D eigenvalue weighted by atomic mass is 9.84. The second-order valence-corrected chi connectivity index (χ2v) is 8.72. The Kier molecular flexibility index (Phi) is 5.97. The van der Waals surface area contributed by atoms with Gasteiger partial charge in [0.2, 0.25) is 0 Å². The molecule has 1 aliphatic carbocycles. The zero-order chi connectivity index (χ0) is 22.9. The first-order valence-corrected chi connectivity index (χ1v) is 11.2. The van der Waals surface area contributed by atoms with Gasteiger partial charge in [0.05, 0.1) is 13.2 Å². The van der Waals surface area contributed by atoms with Crippen LogP contribution in [0.2, 0.25) is 0 Å². The highest BCUT2D eigenvalue weighted by Crippen LogP contribution is 2.36. The molecule has 1 saturated heterocycles. The van der Waals surface area contributed by atoms with E-state index in [1.807, 2.05) is 12.1 Å². The number of hydrogen-bond donors (Lipinski definition) is 2. The van der Waals surface area contributed by atoms with Crippen molar-refractivity contribution in [3.8, 4) is 0 Å². The number of Topliss-reactive ketones (excluding diaryl/α,β-unsaturated/α-hetero) is 1. The highest BCUT2D eigenvalue weighted by atomic mass is 19.1. The second-order valence-electron chi connectivity index (χ2n) is 8.72. The highest BCUT2D eigenvalue weighted by molar-refractivity contribution is 6.11. The molecular weight excluding hydrogens is 425 g/mol. The van der Waals surface area contributed by atoms with Gasteiger partial charge in [-0.3, -0.25) is 19.7 Å². The Morgan fingerprint density at radius 3 is 2.64 bits per heavy atom. The number of rotatable bonds is 5. The predicted molar refractivity (Wildman–Crippen MR) is 120 cm³/mol. The summed E-state index contributed by atoms with van der Waals surface area (Å²) in [4.78, 5) is 27.5. The SMILES string of the molecule is O=C(NO)c1ccc(Cn2c3c(c4cc(F)ccc42)C(=O)C(CN2CCOCC2)CC3)cc1. The topological polar surface area (TPSA) is 83.8 Å². The van der Waals surface area contributed by atoms with Crippen molar-refractivity contribution in [1.82, 2.24) is 14.9 Å². The summed E-state index contributed by atoms with van der Waals surface area (Å²) in [5.41, 5.74) is 5.34. The number of hydrogen-bond acceptors (Lipinski definition) is 5. The van der Waals surface area contributed by atoms with E-state index in [0.29, 0.717) is 42.8 Å². The summed E-state index contributed by atoms with van der Waals surface area (Å²) in [5.74, 6) is -0.941. The van der Waals surface area contributed by atoms with Gasteiger partial charge < -0.3 is 9.30 Å². The van der Waals surface area contributed by atoms with Crippen LogP contribution in [-0.4, -0.2) is 59.2 Å².